The summed E-state index contributed by atoms with van der Waals surface area (Å²) in [5.74, 6) is -2.71. The van der Waals surface area contributed by atoms with Gasteiger partial charge in [-0.05, 0) is 35.9 Å². The van der Waals surface area contributed by atoms with E-state index in [4.69, 9.17) is 28.9 Å². The first-order valence-corrected chi connectivity index (χ1v) is 9.72. The molecule has 0 unspecified atom stereocenters. The van der Waals surface area contributed by atoms with Gasteiger partial charge in [-0.25, -0.2) is 4.79 Å². The third kappa shape index (κ3) is 4.94. The molecule has 0 bridgehead atoms. The van der Waals surface area contributed by atoms with E-state index in [9.17, 15) is 19.5 Å². The van der Waals surface area contributed by atoms with Gasteiger partial charge in [0.2, 0.25) is 5.91 Å². The SMILES string of the molecule is O=C(CN1C(=O)C(=Cc2ccc(Cl)cc2)SC1=S)Nc1ccc(C(=O)O)c(O)c1. The van der Waals surface area contributed by atoms with Crippen LogP contribution in [0.25, 0.3) is 6.08 Å². The lowest BCUT2D eigenvalue weighted by Gasteiger charge is -2.14. The number of amides is 2. The van der Waals surface area contributed by atoms with Crippen LogP contribution >= 0.6 is 35.6 Å². The van der Waals surface area contributed by atoms with Crippen LogP contribution < -0.4 is 5.32 Å². The van der Waals surface area contributed by atoms with E-state index in [2.05, 4.69) is 5.32 Å². The number of anilines is 1. The van der Waals surface area contributed by atoms with Crippen molar-refractivity contribution in [2.75, 3.05) is 11.9 Å². The van der Waals surface area contributed by atoms with Gasteiger partial charge in [-0.1, -0.05) is 47.7 Å². The molecule has 1 fully saturated rings. The summed E-state index contributed by atoms with van der Waals surface area (Å²) in [7, 11) is 0. The maximum Gasteiger partial charge on any atom is 0.339 e. The van der Waals surface area contributed by atoms with Crippen molar-refractivity contribution < 1.29 is 24.6 Å². The highest BCUT2D eigenvalue weighted by molar-refractivity contribution is 8.26. The summed E-state index contributed by atoms with van der Waals surface area (Å²) in [4.78, 5) is 37.3. The average molecular weight is 449 g/mol. The van der Waals surface area contributed by atoms with E-state index in [1.54, 1.807) is 30.3 Å². The maximum absolute atomic E-state index is 12.6. The number of thioether (sulfide) groups is 1. The minimum atomic E-state index is -1.29. The molecule has 0 spiro atoms. The molecule has 0 atom stereocenters. The number of thiocarbonyl (C=S) groups is 1. The summed E-state index contributed by atoms with van der Waals surface area (Å²) in [5, 5.41) is 21.7. The molecule has 10 heteroatoms. The smallest absolute Gasteiger partial charge is 0.339 e. The standard InChI is InChI=1S/C19H13ClN2O5S2/c20-11-3-1-10(2-4-11)7-15-17(25)22(19(28)29-15)9-16(24)21-12-5-6-13(18(26)27)14(23)8-12/h1-8,23H,9H2,(H,21,24)(H,26,27). The van der Waals surface area contributed by atoms with Gasteiger partial charge in [0, 0.05) is 16.8 Å². The van der Waals surface area contributed by atoms with Crippen LogP contribution in [0.5, 0.6) is 5.75 Å². The molecule has 0 aromatic heterocycles. The Morgan fingerprint density at radius 2 is 1.90 bits per heavy atom. The van der Waals surface area contributed by atoms with Crippen molar-refractivity contribution in [2.24, 2.45) is 0 Å². The third-order valence-corrected chi connectivity index (χ3v) is 5.48. The summed E-state index contributed by atoms with van der Waals surface area (Å²) in [6.45, 7) is -0.315. The zero-order valence-electron chi connectivity index (χ0n) is 14.6. The Hall–Kier alpha value is -2.88. The molecule has 2 aromatic rings. The van der Waals surface area contributed by atoms with E-state index in [1.165, 1.54) is 17.0 Å². The van der Waals surface area contributed by atoms with Crippen molar-refractivity contribution in [1.29, 1.82) is 0 Å². The van der Waals surface area contributed by atoms with E-state index in [0.29, 0.717) is 9.93 Å². The first-order valence-electron chi connectivity index (χ1n) is 8.11. The second-order valence-electron chi connectivity index (χ2n) is 5.90. The van der Waals surface area contributed by atoms with Crippen molar-refractivity contribution in [1.82, 2.24) is 4.90 Å². The van der Waals surface area contributed by atoms with Gasteiger partial charge in [0.25, 0.3) is 5.91 Å². The summed E-state index contributed by atoms with van der Waals surface area (Å²) < 4.78 is 0.245. The molecule has 148 valence electrons. The molecular weight excluding hydrogens is 436 g/mol. The van der Waals surface area contributed by atoms with E-state index in [0.717, 1.165) is 23.4 Å². The normalized spacial score (nSPS) is 15.1. The first-order chi connectivity index (χ1) is 13.7. The van der Waals surface area contributed by atoms with Crippen molar-refractivity contribution in [3.8, 4) is 5.75 Å². The third-order valence-electron chi connectivity index (χ3n) is 3.85. The van der Waals surface area contributed by atoms with Crippen LogP contribution in [0.1, 0.15) is 15.9 Å². The molecule has 0 saturated carbocycles. The summed E-state index contributed by atoms with van der Waals surface area (Å²) in [5.41, 5.74) is 0.681. The van der Waals surface area contributed by atoms with Crippen LogP contribution in [-0.4, -0.2) is 43.8 Å². The maximum atomic E-state index is 12.6. The Labute approximate surface area is 180 Å². The number of carboxylic acids is 1. The van der Waals surface area contributed by atoms with Gasteiger partial charge < -0.3 is 15.5 Å². The van der Waals surface area contributed by atoms with Gasteiger partial charge in [-0.3, -0.25) is 14.5 Å². The van der Waals surface area contributed by atoms with Crippen molar-refractivity contribution in [3.63, 3.8) is 0 Å². The lowest BCUT2D eigenvalue weighted by molar-refractivity contribution is -0.126. The molecule has 2 aromatic carbocycles. The number of halogens is 1. The number of hydrogen-bond acceptors (Lipinski definition) is 6. The monoisotopic (exact) mass is 448 g/mol. The number of nitrogens with one attached hydrogen (secondary N) is 1. The number of carbonyl (C=O) groups excluding carboxylic acids is 2. The van der Waals surface area contributed by atoms with Gasteiger partial charge >= 0.3 is 5.97 Å². The minimum absolute atomic E-state index is 0.194. The largest absolute Gasteiger partial charge is 0.507 e. The van der Waals surface area contributed by atoms with E-state index >= 15 is 0 Å². The highest BCUT2D eigenvalue weighted by Crippen LogP contribution is 2.32. The van der Waals surface area contributed by atoms with Gasteiger partial charge in [0.1, 0.15) is 22.2 Å². The first kappa shape index (κ1) is 20.8. The molecule has 0 radical (unpaired) electrons. The van der Waals surface area contributed by atoms with Gasteiger partial charge in [-0.15, -0.1) is 0 Å². The Morgan fingerprint density at radius 1 is 1.21 bits per heavy atom. The van der Waals surface area contributed by atoms with Crippen molar-refractivity contribution in [3.05, 3.63) is 63.5 Å². The van der Waals surface area contributed by atoms with Crippen LogP contribution in [0.3, 0.4) is 0 Å². The highest BCUT2D eigenvalue weighted by atomic mass is 35.5. The van der Waals surface area contributed by atoms with E-state index in [1.807, 2.05) is 0 Å². The Balaban J connectivity index is 1.68. The fourth-order valence-corrected chi connectivity index (χ4v) is 3.86. The second kappa shape index (κ2) is 8.64. The Kier molecular flexibility index (Phi) is 6.21. The molecule has 1 heterocycles. The topological polar surface area (TPSA) is 107 Å². The number of rotatable bonds is 5. The van der Waals surface area contributed by atoms with Crippen LogP contribution in [0, 0.1) is 0 Å². The molecule has 0 aliphatic carbocycles. The van der Waals surface area contributed by atoms with Gasteiger partial charge in [-0.2, -0.15) is 0 Å². The number of aromatic hydroxyl groups is 1. The molecule has 29 heavy (non-hydrogen) atoms. The number of carboxylic acid groups (broad SMARTS) is 1. The Morgan fingerprint density at radius 3 is 2.52 bits per heavy atom. The molecule has 1 aliphatic heterocycles. The Bertz CT molecular complexity index is 1050. The molecule has 3 N–H and O–H groups in total. The van der Waals surface area contributed by atoms with E-state index in [-0.39, 0.29) is 22.1 Å². The number of benzene rings is 2. The summed E-state index contributed by atoms with van der Waals surface area (Å²) in [6.07, 6.45) is 1.66. The van der Waals surface area contributed by atoms with Crippen molar-refractivity contribution >= 4 is 69.4 Å². The molecule has 2 amide bonds. The predicted octanol–water partition coefficient (Wildman–Crippen LogP) is 3.58. The average Bonchev–Trinajstić information content (AvgIpc) is 2.90. The fraction of sp³-hybridized carbons (Fsp3) is 0.0526. The number of nitrogens with zero attached hydrogens (tertiary/aromatic N) is 1. The molecule has 1 saturated heterocycles. The number of hydrogen-bond donors (Lipinski definition) is 3. The molecule has 7 nitrogen and oxygen atoms in total. The lowest BCUT2D eigenvalue weighted by Crippen LogP contribution is -2.36. The number of phenols is 1. The van der Waals surface area contributed by atoms with Crippen molar-refractivity contribution in [2.45, 2.75) is 0 Å². The van der Waals surface area contributed by atoms with Crippen LogP contribution in [0.2, 0.25) is 5.02 Å². The molecular formula is C19H13ClN2O5S2. The quantitative estimate of drug-likeness (QED) is 0.474. The fourth-order valence-electron chi connectivity index (χ4n) is 2.48. The second-order valence-corrected chi connectivity index (χ2v) is 8.02. The van der Waals surface area contributed by atoms with Crippen LogP contribution in [0.4, 0.5) is 5.69 Å². The minimum Gasteiger partial charge on any atom is -0.507 e. The van der Waals surface area contributed by atoms with Crippen LogP contribution in [-0.2, 0) is 9.59 Å². The van der Waals surface area contributed by atoms with E-state index < -0.39 is 23.5 Å². The molecule has 1 aliphatic rings. The summed E-state index contributed by atoms with van der Waals surface area (Å²) >= 11 is 12.1. The predicted molar refractivity (Wildman–Crippen MR) is 115 cm³/mol. The van der Waals surface area contributed by atoms with Crippen LogP contribution in [0.15, 0.2) is 47.4 Å². The van der Waals surface area contributed by atoms with Gasteiger partial charge in [0.15, 0.2) is 0 Å². The highest BCUT2D eigenvalue weighted by Gasteiger charge is 2.33. The zero-order valence-corrected chi connectivity index (χ0v) is 17.0. The molecule has 3 rings (SSSR count). The number of carbonyl (C=O) groups is 3. The lowest BCUT2D eigenvalue weighted by atomic mass is 10.2. The number of aromatic carboxylic acids is 1. The zero-order chi connectivity index (χ0) is 21.1. The van der Waals surface area contributed by atoms with Gasteiger partial charge in [0.05, 0.1) is 4.91 Å². The summed E-state index contributed by atoms with van der Waals surface area (Å²) in [6, 6.07) is 10.5.